The van der Waals surface area contributed by atoms with Crippen molar-refractivity contribution in [3.05, 3.63) is 101 Å². The molecule has 1 aromatic heterocycles. The Morgan fingerprint density at radius 2 is 1.76 bits per heavy atom. The number of H-pyrrole nitrogens is 1. The average Bonchev–Trinajstić information content (AvgIpc) is 3.54. The Labute approximate surface area is 244 Å². The van der Waals surface area contributed by atoms with Gasteiger partial charge in [0.05, 0.1) is 18.8 Å². The molecule has 4 N–H and O–H groups in total. The van der Waals surface area contributed by atoms with Gasteiger partial charge in [0.15, 0.2) is 11.4 Å². The highest BCUT2D eigenvalue weighted by molar-refractivity contribution is 7.99. The summed E-state index contributed by atoms with van der Waals surface area (Å²) in [5.41, 5.74) is 5.95. The van der Waals surface area contributed by atoms with Gasteiger partial charge in [0.25, 0.3) is 0 Å². The van der Waals surface area contributed by atoms with E-state index in [2.05, 4.69) is 50.9 Å². The van der Waals surface area contributed by atoms with Crippen molar-refractivity contribution in [2.45, 2.75) is 50.7 Å². The quantitative estimate of drug-likeness (QED) is 0.188. The van der Waals surface area contributed by atoms with E-state index >= 15 is 0 Å². The number of amides is 2. The zero-order valence-electron chi connectivity index (χ0n) is 23.1. The van der Waals surface area contributed by atoms with Crippen LogP contribution in [0.25, 0.3) is 11.1 Å². The summed E-state index contributed by atoms with van der Waals surface area (Å²) in [5, 5.41) is 22.8. The first-order chi connectivity index (χ1) is 20.1. The predicted molar refractivity (Wildman–Crippen MR) is 158 cm³/mol. The van der Waals surface area contributed by atoms with Crippen LogP contribution in [0.2, 0.25) is 0 Å². The standard InChI is InChI=1S/C31H35N5O4S/c1-3-32-30(38)33-16-25-6-4-5-7-26(25)22-12-14-24(15-13-22)29-39-27(18-41-31-34-19-35-36-31)20(2)28(40-29)23-10-8-21(17-37)9-11-23/h4-15,19-20,27-29,37H,3,16-18H2,1-2H3,(H2,32,33,38)(H,34,35,36)/t20-,27+,28+,29+/m1/s1. The van der Waals surface area contributed by atoms with E-state index in [0.717, 1.165) is 38.5 Å². The zero-order chi connectivity index (χ0) is 28.6. The molecule has 41 heavy (non-hydrogen) atoms. The van der Waals surface area contributed by atoms with Crippen LogP contribution in [0.1, 0.15) is 48.5 Å². The number of hydrogen-bond acceptors (Lipinski definition) is 7. The van der Waals surface area contributed by atoms with Gasteiger partial charge in [-0.1, -0.05) is 91.5 Å². The van der Waals surface area contributed by atoms with Gasteiger partial charge in [0, 0.05) is 30.3 Å². The van der Waals surface area contributed by atoms with E-state index in [0.29, 0.717) is 18.8 Å². The number of aliphatic hydroxyl groups excluding tert-OH is 1. The second kappa shape index (κ2) is 13.8. The van der Waals surface area contributed by atoms with Gasteiger partial charge in [-0.25, -0.2) is 9.78 Å². The Morgan fingerprint density at radius 3 is 2.46 bits per heavy atom. The second-order valence-electron chi connectivity index (χ2n) is 9.92. The number of carbonyl (C=O) groups is 1. The summed E-state index contributed by atoms with van der Waals surface area (Å²) in [5.74, 6) is 0.760. The summed E-state index contributed by atoms with van der Waals surface area (Å²) < 4.78 is 13.1. The Balaban J connectivity index is 1.36. The first-order valence-electron chi connectivity index (χ1n) is 13.7. The largest absolute Gasteiger partial charge is 0.392 e. The molecule has 2 heterocycles. The molecule has 1 saturated heterocycles. The number of nitrogens with zero attached hydrogens (tertiary/aromatic N) is 2. The molecule has 10 heteroatoms. The van der Waals surface area contributed by atoms with Gasteiger partial charge in [-0.15, -0.1) is 0 Å². The minimum Gasteiger partial charge on any atom is -0.392 e. The van der Waals surface area contributed by atoms with Gasteiger partial charge in [0.1, 0.15) is 6.33 Å². The number of hydrogen-bond donors (Lipinski definition) is 4. The predicted octanol–water partition coefficient (Wildman–Crippen LogP) is 5.37. The molecule has 2 amide bonds. The molecule has 214 valence electrons. The van der Waals surface area contributed by atoms with Crippen LogP contribution in [-0.2, 0) is 22.6 Å². The fourth-order valence-electron chi connectivity index (χ4n) is 4.91. The lowest BCUT2D eigenvalue weighted by Crippen LogP contribution is -2.38. The molecule has 9 nitrogen and oxygen atoms in total. The molecule has 0 radical (unpaired) electrons. The van der Waals surface area contributed by atoms with E-state index < -0.39 is 6.29 Å². The fraction of sp³-hybridized carbons (Fsp3) is 0.323. The molecule has 5 rings (SSSR count). The molecule has 0 spiro atoms. The number of benzene rings is 3. The molecule has 0 bridgehead atoms. The molecule has 4 aromatic rings. The SMILES string of the molecule is CCNC(=O)NCc1ccccc1-c1ccc([C@H]2O[C@@H](CSc3ncn[nH]3)[C@@H](C)[C@@H](c3ccc(CO)cc3)O2)cc1. The van der Waals surface area contributed by atoms with Gasteiger partial charge >= 0.3 is 6.03 Å². The van der Waals surface area contributed by atoms with Crippen molar-refractivity contribution in [2.75, 3.05) is 12.3 Å². The van der Waals surface area contributed by atoms with E-state index in [4.69, 9.17) is 9.47 Å². The van der Waals surface area contributed by atoms with Gasteiger partial charge < -0.3 is 25.2 Å². The highest BCUT2D eigenvalue weighted by Gasteiger charge is 2.38. The van der Waals surface area contributed by atoms with E-state index in [1.165, 1.54) is 6.33 Å². The van der Waals surface area contributed by atoms with Crippen molar-refractivity contribution in [1.82, 2.24) is 25.8 Å². The van der Waals surface area contributed by atoms with Gasteiger partial charge in [-0.3, -0.25) is 5.10 Å². The minimum absolute atomic E-state index is 0.00101. The number of urea groups is 1. The number of aromatic nitrogens is 3. The summed E-state index contributed by atoms with van der Waals surface area (Å²) in [6, 6.07) is 24.0. The third-order valence-corrected chi connectivity index (χ3v) is 8.15. The maximum absolute atomic E-state index is 11.9. The number of aliphatic hydroxyl groups is 1. The van der Waals surface area contributed by atoms with Crippen molar-refractivity contribution < 1.29 is 19.4 Å². The van der Waals surface area contributed by atoms with Gasteiger partial charge in [-0.2, -0.15) is 5.10 Å². The maximum atomic E-state index is 11.9. The molecule has 0 aliphatic carbocycles. The van der Waals surface area contributed by atoms with Crippen molar-refractivity contribution in [2.24, 2.45) is 5.92 Å². The Kier molecular flexibility index (Phi) is 9.68. The van der Waals surface area contributed by atoms with Crippen molar-refractivity contribution in [3.63, 3.8) is 0 Å². The topological polar surface area (TPSA) is 121 Å². The van der Waals surface area contributed by atoms with E-state index in [1.54, 1.807) is 11.8 Å². The van der Waals surface area contributed by atoms with E-state index in [9.17, 15) is 9.90 Å². The zero-order valence-corrected chi connectivity index (χ0v) is 23.9. The molecule has 1 aliphatic rings. The lowest BCUT2D eigenvalue weighted by molar-refractivity contribution is -0.268. The van der Waals surface area contributed by atoms with Gasteiger partial charge in [0.2, 0.25) is 0 Å². The highest BCUT2D eigenvalue weighted by Crippen LogP contribution is 2.43. The van der Waals surface area contributed by atoms with E-state index in [1.807, 2.05) is 61.5 Å². The molecule has 1 fully saturated rings. The smallest absolute Gasteiger partial charge is 0.315 e. The van der Waals surface area contributed by atoms with Crippen LogP contribution in [0.4, 0.5) is 4.79 Å². The van der Waals surface area contributed by atoms with Crippen LogP contribution < -0.4 is 10.6 Å². The first-order valence-corrected chi connectivity index (χ1v) is 14.7. The molecular formula is C31H35N5O4S. The monoisotopic (exact) mass is 573 g/mol. The number of nitrogens with one attached hydrogen (secondary N) is 3. The van der Waals surface area contributed by atoms with Crippen LogP contribution in [0.3, 0.4) is 0 Å². The number of carbonyl (C=O) groups excluding carboxylic acids is 1. The third kappa shape index (κ3) is 7.15. The Hall–Kier alpha value is -3.70. The lowest BCUT2D eigenvalue weighted by Gasteiger charge is -2.41. The average molecular weight is 574 g/mol. The Morgan fingerprint density at radius 1 is 1.00 bits per heavy atom. The van der Waals surface area contributed by atoms with Crippen molar-refractivity contribution in [1.29, 1.82) is 0 Å². The summed E-state index contributed by atoms with van der Waals surface area (Å²) in [4.78, 5) is 16.2. The number of rotatable bonds is 10. The summed E-state index contributed by atoms with van der Waals surface area (Å²) in [7, 11) is 0. The normalized spacial score (nSPS) is 20.5. The highest BCUT2D eigenvalue weighted by atomic mass is 32.2. The molecule has 0 saturated carbocycles. The molecule has 0 unspecified atom stereocenters. The van der Waals surface area contributed by atoms with E-state index in [-0.39, 0.29) is 30.8 Å². The number of thioether (sulfide) groups is 1. The molecular weight excluding hydrogens is 538 g/mol. The van der Waals surface area contributed by atoms with Crippen LogP contribution in [0.5, 0.6) is 0 Å². The Bertz CT molecular complexity index is 1400. The van der Waals surface area contributed by atoms with Gasteiger partial charge in [-0.05, 0) is 34.7 Å². The van der Waals surface area contributed by atoms with Crippen LogP contribution in [0, 0.1) is 5.92 Å². The number of ether oxygens (including phenoxy) is 2. The van der Waals surface area contributed by atoms with Crippen LogP contribution in [-0.4, -0.2) is 44.7 Å². The van der Waals surface area contributed by atoms with Crippen LogP contribution >= 0.6 is 11.8 Å². The third-order valence-electron chi connectivity index (χ3n) is 7.19. The maximum Gasteiger partial charge on any atom is 0.315 e. The summed E-state index contributed by atoms with van der Waals surface area (Å²) in [6.07, 6.45) is 0.646. The van der Waals surface area contributed by atoms with Crippen molar-refractivity contribution in [3.8, 4) is 11.1 Å². The molecule has 4 atom stereocenters. The fourth-order valence-corrected chi connectivity index (χ4v) is 5.85. The molecule has 3 aromatic carbocycles. The summed E-state index contributed by atoms with van der Waals surface area (Å²) >= 11 is 1.57. The second-order valence-corrected chi connectivity index (χ2v) is 10.9. The first kappa shape index (κ1) is 28.8. The molecule has 1 aliphatic heterocycles. The minimum atomic E-state index is -0.558. The van der Waals surface area contributed by atoms with Crippen LogP contribution in [0.15, 0.2) is 84.3 Å². The lowest BCUT2D eigenvalue weighted by atomic mass is 9.91. The number of aromatic amines is 1. The van der Waals surface area contributed by atoms with Crippen molar-refractivity contribution >= 4 is 17.8 Å². The summed E-state index contributed by atoms with van der Waals surface area (Å²) in [6.45, 7) is 5.04.